The summed E-state index contributed by atoms with van der Waals surface area (Å²) in [6, 6.07) is 0.304. The van der Waals surface area contributed by atoms with Gasteiger partial charge in [0.2, 0.25) is 0 Å². The lowest BCUT2D eigenvalue weighted by molar-refractivity contribution is 0.119. The first-order chi connectivity index (χ1) is 7.22. The van der Waals surface area contributed by atoms with Crippen LogP contribution in [-0.2, 0) is 4.74 Å². The van der Waals surface area contributed by atoms with Gasteiger partial charge in [-0.15, -0.1) is 11.3 Å². The maximum Gasteiger partial charge on any atom is 0.121 e. The van der Waals surface area contributed by atoms with Crippen molar-refractivity contribution in [3.8, 4) is 0 Å². The second-order valence-electron chi connectivity index (χ2n) is 4.19. The molecular formula is C11H18N2OS. The zero-order chi connectivity index (χ0) is 10.8. The fourth-order valence-corrected chi connectivity index (χ4v) is 3.03. The molecule has 0 aliphatic heterocycles. The standard InChI is InChI=1S/C11H18N2OS/c1-7(14-2)11-13-10(6-15-11)8-4-3-5-9(8)12/h6-9H,3-5,12H2,1-2H3. The molecule has 0 amide bonds. The average Bonchev–Trinajstić information content (AvgIpc) is 2.84. The molecule has 4 heteroatoms. The maximum atomic E-state index is 6.06. The summed E-state index contributed by atoms with van der Waals surface area (Å²) >= 11 is 1.68. The van der Waals surface area contributed by atoms with E-state index in [9.17, 15) is 0 Å². The number of rotatable bonds is 3. The Morgan fingerprint density at radius 3 is 3.00 bits per heavy atom. The van der Waals surface area contributed by atoms with Gasteiger partial charge in [-0.25, -0.2) is 4.98 Å². The van der Waals surface area contributed by atoms with E-state index in [0.29, 0.717) is 12.0 Å². The first-order valence-corrected chi connectivity index (χ1v) is 6.34. The van der Waals surface area contributed by atoms with Crippen LogP contribution in [0.2, 0.25) is 0 Å². The minimum atomic E-state index is 0.0985. The van der Waals surface area contributed by atoms with E-state index < -0.39 is 0 Å². The van der Waals surface area contributed by atoms with Gasteiger partial charge in [0.15, 0.2) is 0 Å². The topological polar surface area (TPSA) is 48.1 Å². The Bertz CT molecular complexity index is 326. The SMILES string of the molecule is COC(C)c1nc(C2CCCC2N)cs1. The van der Waals surface area contributed by atoms with Crippen LogP contribution in [0.4, 0.5) is 0 Å². The number of ether oxygens (including phenoxy) is 1. The minimum Gasteiger partial charge on any atom is -0.375 e. The summed E-state index contributed by atoms with van der Waals surface area (Å²) < 4.78 is 5.26. The van der Waals surface area contributed by atoms with Crippen LogP contribution >= 0.6 is 11.3 Å². The number of nitrogens with two attached hydrogens (primary N) is 1. The van der Waals surface area contributed by atoms with Crippen molar-refractivity contribution in [2.75, 3.05) is 7.11 Å². The van der Waals surface area contributed by atoms with E-state index in [0.717, 1.165) is 11.4 Å². The van der Waals surface area contributed by atoms with E-state index in [1.165, 1.54) is 18.5 Å². The van der Waals surface area contributed by atoms with Crippen molar-refractivity contribution in [1.82, 2.24) is 4.98 Å². The Balaban J connectivity index is 2.12. The van der Waals surface area contributed by atoms with Gasteiger partial charge < -0.3 is 10.5 Å². The molecule has 0 aromatic carbocycles. The van der Waals surface area contributed by atoms with Crippen LogP contribution < -0.4 is 5.73 Å². The van der Waals surface area contributed by atoms with Gasteiger partial charge in [0.1, 0.15) is 11.1 Å². The number of methoxy groups -OCH3 is 1. The van der Waals surface area contributed by atoms with Crippen molar-refractivity contribution in [3.63, 3.8) is 0 Å². The van der Waals surface area contributed by atoms with Gasteiger partial charge in [0.25, 0.3) is 0 Å². The number of nitrogens with zero attached hydrogens (tertiary/aromatic N) is 1. The molecule has 3 atom stereocenters. The molecule has 1 fully saturated rings. The maximum absolute atomic E-state index is 6.06. The van der Waals surface area contributed by atoms with Gasteiger partial charge in [-0.1, -0.05) is 6.42 Å². The second kappa shape index (κ2) is 4.60. The first-order valence-electron chi connectivity index (χ1n) is 5.46. The molecule has 15 heavy (non-hydrogen) atoms. The summed E-state index contributed by atoms with van der Waals surface area (Å²) in [6.45, 7) is 2.02. The molecule has 1 aromatic rings. The number of hydrogen-bond acceptors (Lipinski definition) is 4. The Morgan fingerprint density at radius 1 is 1.60 bits per heavy atom. The second-order valence-corrected chi connectivity index (χ2v) is 5.08. The lowest BCUT2D eigenvalue weighted by Gasteiger charge is -2.12. The smallest absolute Gasteiger partial charge is 0.121 e. The Hall–Kier alpha value is -0.450. The highest BCUT2D eigenvalue weighted by molar-refractivity contribution is 7.09. The predicted molar refractivity (Wildman–Crippen MR) is 62.1 cm³/mol. The molecule has 3 unspecified atom stereocenters. The van der Waals surface area contributed by atoms with Crippen molar-refractivity contribution in [2.24, 2.45) is 5.73 Å². The largest absolute Gasteiger partial charge is 0.375 e. The van der Waals surface area contributed by atoms with Crippen molar-refractivity contribution in [2.45, 2.75) is 44.2 Å². The lowest BCUT2D eigenvalue weighted by Crippen LogP contribution is -2.22. The van der Waals surface area contributed by atoms with E-state index in [-0.39, 0.29) is 6.10 Å². The van der Waals surface area contributed by atoms with E-state index in [4.69, 9.17) is 10.5 Å². The Morgan fingerprint density at radius 2 is 2.40 bits per heavy atom. The van der Waals surface area contributed by atoms with Gasteiger partial charge in [0.05, 0.1) is 5.69 Å². The van der Waals surface area contributed by atoms with Gasteiger partial charge in [-0.2, -0.15) is 0 Å². The molecular weight excluding hydrogens is 208 g/mol. The molecule has 0 bridgehead atoms. The summed E-state index contributed by atoms with van der Waals surface area (Å²) in [5.41, 5.74) is 7.23. The third-order valence-corrected chi connectivity index (χ3v) is 4.21. The van der Waals surface area contributed by atoms with Crippen molar-refractivity contribution in [1.29, 1.82) is 0 Å². The first kappa shape index (κ1) is 11.0. The van der Waals surface area contributed by atoms with Crippen molar-refractivity contribution >= 4 is 11.3 Å². The zero-order valence-corrected chi connectivity index (χ0v) is 10.1. The summed E-state index contributed by atoms with van der Waals surface area (Å²) in [5, 5.41) is 3.20. The van der Waals surface area contributed by atoms with E-state index in [2.05, 4.69) is 10.4 Å². The van der Waals surface area contributed by atoms with Crippen molar-refractivity contribution < 1.29 is 4.74 Å². The van der Waals surface area contributed by atoms with Crippen molar-refractivity contribution in [3.05, 3.63) is 16.1 Å². The molecule has 3 nitrogen and oxygen atoms in total. The molecule has 1 aliphatic carbocycles. The molecule has 0 radical (unpaired) electrons. The highest BCUT2D eigenvalue weighted by atomic mass is 32.1. The third kappa shape index (κ3) is 2.22. The van der Waals surface area contributed by atoms with E-state index in [1.54, 1.807) is 18.4 Å². The van der Waals surface area contributed by atoms with Crippen LogP contribution in [0.1, 0.15) is 48.9 Å². The lowest BCUT2D eigenvalue weighted by atomic mass is 10.0. The fourth-order valence-electron chi connectivity index (χ4n) is 2.11. The quantitative estimate of drug-likeness (QED) is 0.861. The molecule has 1 heterocycles. The summed E-state index contributed by atoms with van der Waals surface area (Å²) in [7, 11) is 1.72. The number of hydrogen-bond donors (Lipinski definition) is 1. The van der Waals surface area contributed by atoms with Crippen LogP contribution in [0, 0.1) is 0 Å². The summed E-state index contributed by atoms with van der Waals surface area (Å²) in [4.78, 5) is 4.63. The highest BCUT2D eigenvalue weighted by Gasteiger charge is 2.27. The third-order valence-electron chi connectivity index (χ3n) is 3.19. The molecule has 1 aliphatic rings. The molecule has 0 spiro atoms. The number of aromatic nitrogens is 1. The number of thiazole rings is 1. The zero-order valence-electron chi connectivity index (χ0n) is 9.27. The van der Waals surface area contributed by atoms with Gasteiger partial charge in [-0.3, -0.25) is 0 Å². The van der Waals surface area contributed by atoms with Gasteiger partial charge >= 0.3 is 0 Å². The van der Waals surface area contributed by atoms with Gasteiger partial charge in [0, 0.05) is 24.4 Å². The molecule has 0 saturated heterocycles. The molecule has 1 saturated carbocycles. The predicted octanol–water partition coefficient (Wildman–Crippen LogP) is 2.45. The van der Waals surface area contributed by atoms with Crippen LogP contribution in [0.25, 0.3) is 0 Å². The fraction of sp³-hybridized carbons (Fsp3) is 0.727. The molecule has 84 valence electrons. The minimum absolute atomic E-state index is 0.0985. The van der Waals surface area contributed by atoms with Crippen LogP contribution in [-0.4, -0.2) is 18.1 Å². The normalized spacial score (nSPS) is 28.2. The molecule has 2 rings (SSSR count). The Labute approximate surface area is 94.7 Å². The highest BCUT2D eigenvalue weighted by Crippen LogP contribution is 2.34. The molecule has 2 N–H and O–H groups in total. The summed E-state index contributed by atoms with van der Waals surface area (Å²) in [6.07, 6.45) is 3.66. The monoisotopic (exact) mass is 226 g/mol. The van der Waals surface area contributed by atoms with Crippen LogP contribution in [0.3, 0.4) is 0 Å². The summed E-state index contributed by atoms with van der Waals surface area (Å²) in [5.74, 6) is 0.471. The van der Waals surface area contributed by atoms with E-state index in [1.807, 2.05) is 6.92 Å². The Kier molecular flexibility index (Phi) is 3.38. The molecule has 1 aromatic heterocycles. The van der Waals surface area contributed by atoms with E-state index >= 15 is 0 Å². The van der Waals surface area contributed by atoms with Gasteiger partial charge in [-0.05, 0) is 19.8 Å². The average molecular weight is 226 g/mol. The van der Waals surface area contributed by atoms with Crippen LogP contribution in [0.15, 0.2) is 5.38 Å². The van der Waals surface area contributed by atoms with Crippen LogP contribution in [0.5, 0.6) is 0 Å².